The number of ether oxygens (including phenoxy) is 2. The SMILES string of the molecule is COc1ccc(-c2nn(CC(C)C)cc2N)cc1OC. The van der Waals surface area contributed by atoms with Crippen LogP contribution >= 0.6 is 0 Å². The number of nitrogens with zero attached hydrogens (tertiary/aromatic N) is 2. The number of methoxy groups -OCH3 is 2. The van der Waals surface area contributed by atoms with E-state index in [1.807, 2.05) is 29.1 Å². The Labute approximate surface area is 119 Å². The molecule has 0 amide bonds. The van der Waals surface area contributed by atoms with E-state index in [0.29, 0.717) is 23.1 Å². The molecule has 0 aliphatic carbocycles. The summed E-state index contributed by atoms with van der Waals surface area (Å²) in [6.07, 6.45) is 1.87. The number of hydrogen-bond acceptors (Lipinski definition) is 4. The van der Waals surface area contributed by atoms with Gasteiger partial charge in [-0.05, 0) is 24.1 Å². The van der Waals surface area contributed by atoms with Crippen molar-refractivity contribution in [3.8, 4) is 22.8 Å². The Hall–Kier alpha value is -2.17. The number of rotatable bonds is 5. The molecule has 2 N–H and O–H groups in total. The molecule has 0 atom stereocenters. The predicted molar refractivity (Wildman–Crippen MR) is 80.0 cm³/mol. The number of benzene rings is 1. The zero-order chi connectivity index (χ0) is 14.7. The Morgan fingerprint density at radius 3 is 2.50 bits per heavy atom. The summed E-state index contributed by atoms with van der Waals surface area (Å²) >= 11 is 0. The van der Waals surface area contributed by atoms with E-state index in [1.165, 1.54) is 0 Å². The van der Waals surface area contributed by atoms with Gasteiger partial charge < -0.3 is 15.2 Å². The second kappa shape index (κ2) is 5.86. The average Bonchev–Trinajstić information content (AvgIpc) is 2.77. The first-order valence-electron chi connectivity index (χ1n) is 6.60. The maximum atomic E-state index is 6.06. The molecule has 1 aromatic carbocycles. The van der Waals surface area contributed by atoms with Gasteiger partial charge in [-0.3, -0.25) is 4.68 Å². The molecule has 2 aromatic rings. The maximum Gasteiger partial charge on any atom is 0.161 e. The molecule has 0 aliphatic rings. The van der Waals surface area contributed by atoms with Gasteiger partial charge in [0.15, 0.2) is 11.5 Å². The summed E-state index contributed by atoms with van der Waals surface area (Å²) < 4.78 is 12.4. The fraction of sp³-hybridized carbons (Fsp3) is 0.400. The van der Waals surface area contributed by atoms with Gasteiger partial charge >= 0.3 is 0 Å². The fourth-order valence-electron chi connectivity index (χ4n) is 2.11. The number of anilines is 1. The van der Waals surface area contributed by atoms with Gasteiger partial charge in [-0.15, -0.1) is 0 Å². The number of hydrogen-bond donors (Lipinski definition) is 1. The third kappa shape index (κ3) is 2.87. The quantitative estimate of drug-likeness (QED) is 0.911. The molecule has 0 saturated carbocycles. The van der Waals surface area contributed by atoms with E-state index in [2.05, 4.69) is 18.9 Å². The van der Waals surface area contributed by atoms with Crippen LogP contribution in [0.25, 0.3) is 11.3 Å². The fourth-order valence-corrected chi connectivity index (χ4v) is 2.11. The van der Waals surface area contributed by atoms with Crippen molar-refractivity contribution in [2.45, 2.75) is 20.4 Å². The molecular weight excluding hydrogens is 254 g/mol. The van der Waals surface area contributed by atoms with Crippen LogP contribution in [-0.2, 0) is 6.54 Å². The van der Waals surface area contributed by atoms with Crippen LogP contribution in [0.1, 0.15) is 13.8 Å². The van der Waals surface area contributed by atoms with E-state index in [1.54, 1.807) is 14.2 Å². The van der Waals surface area contributed by atoms with Gasteiger partial charge in [-0.25, -0.2) is 0 Å². The Kier molecular flexibility index (Phi) is 4.17. The molecule has 5 heteroatoms. The highest BCUT2D eigenvalue weighted by Crippen LogP contribution is 2.33. The van der Waals surface area contributed by atoms with Crippen LogP contribution in [0.5, 0.6) is 11.5 Å². The molecule has 0 spiro atoms. The summed E-state index contributed by atoms with van der Waals surface area (Å²) in [5.41, 5.74) is 8.41. The lowest BCUT2D eigenvalue weighted by Gasteiger charge is -2.09. The van der Waals surface area contributed by atoms with Gasteiger partial charge in [0.25, 0.3) is 0 Å². The predicted octanol–water partition coefficient (Wildman–Crippen LogP) is 2.81. The van der Waals surface area contributed by atoms with Crippen molar-refractivity contribution in [1.29, 1.82) is 0 Å². The second-order valence-electron chi connectivity index (χ2n) is 5.12. The monoisotopic (exact) mass is 275 g/mol. The van der Waals surface area contributed by atoms with Gasteiger partial charge in [-0.1, -0.05) is 13.8 Å². The van der Waals surface area contributed by atoms with Gasteiger partial charge in [0.2, 0.25) is 0 Å². The third-order valence-corrected chi connectivity index (χ3v) is 3.00. The van der Waals surface area contributed by atoms with Crippen molar-refractivity contribution in [3.63, 3.8) is 0 Å². The molecule has 0 aliphatic heterocycles. The minimum atomic E-state index is 0.521. The summed E-state index contributed by atoms with van der Waals surface area (Å²) in [6.45, 7) is 5.14. The Morgan fingerprint density at radius 2 is 1.90 bits per heavy atom. The highest BCUT2D eigenvalue weighted by atomic mass is 16.5. The van der Waals surface area contributed by atoms with E-state index in [9.17, 15) is 0 Å². The summed E-state index contributed by atoms with van der Waals surface area (Å²) in [5, 5.41) is 4.55. The summed E-state index contributed by atoms with van der Waals surface area (Å²) in [7, 11) is 3.23. The van der Waals surface area contributed by atoms with Crippen LogP contribution in [-0.4, -0.2) is 24.0 Å². The van der Waals surface area contributed by atoms with Crippen molar-refractivity contribution in [3.05, 3.63) is 24.4 Å². The third-order valence-electron chi connectivity index (χ3n) is 3.00. The molecule has 0 bridgehead atoms. The van der Waals surface area contributed by atoms with Crippen LogP contribution in [0.2, 0.25) is 0 Å². The highest BCUT2D eigenvalue weighted by Gasteiger charge is 2.12. The Balaban J connectivity index is 2.38. The molecule has 2 rings (SSSR count). The average molecular weight is 275 g/mol. The summed E-state index contributed by atoms with van der Waals surface area (Å²) in [4.78, 5) is 0. The first-order chi connectivity index (χ1) is 9.55. The maximum absolute atomic E-state index is 6.06. The smallest absolute Gasteiger partial charge is 0.161 e. The lowest BCUT2D eigenvalue weighted by atomic mass is 10.1. The number of nitrogen functional groups attached to an aromatic ring is 1. The zero-order valence-corrected chi connectivity index (χ0v) is 12.4. The number of aromatic nitrogens is 2. The first-order valence-corrected chi connectivity index (χ1v) is 6.60. The summed E-state index contributed by atoms with van der Waals surface area (Å²) in [5.74, 6) is 1.88. The molecule has 1 heterocycles. The van der Waals surface area contributed by atoms with Crippen molar-refractivity contribution >= 4 is 5.69 Å². The van der Waals surface area contributed by atoms with Crippen LogP contribution < -0.4 is 15.2 Å². The van der Waals surface area contributed by atoms with Gasteiger partial charge in [0.1, 0.15) is 5.69 Å². The van der Waals surface area contributed by atoms with Crippen LogP contribution in [0, 0.1) is 5.92 Å². The Bertz CT molecular complexity index is 591. The van der Waals surface area contributed by atoms with Crippen molar-refractivity contribution in [2.75, 3.05) is 20.0 Å². The minimum absolute atomic E-state index is 0.521. The van der Waals surface area contributed by atoms with Crippen molar-refractivity contribution < 1.29 is 9.47 Å². The van der Waals surface area contributed by atoms with Crippen LogP contribution in [0.15, 0.2) is 24.4 Å². The topological polar surface area (TPSA) is 62.3 Å². The molecular formula is C15H21N3O2. The molecule has 0 fully saturated rings. The van der Waals surface area contributed by atoms with E-state index in [-0.39, 0.29) is 0 Å². The van der Waals surface area contributed by atoms with Crippen LogP contribution in [0.3, 0.4) is 0 Å². The second-order valence-corrected chi connectivity index (χ2v) is 5.12. The molecule has 20 heavy (non-hydrogen) atoms. The van der Waals surface area contributed by atoms with Gasteiger partial charge in [0, 0.05) is 18.3 Å². The Morgan fingerprint density at radius 1 is 1.20 bits per heavy atom. The molecule has 0 saturated heterocycles. The van der Waals surface area contributed by atoms with Crippen molar-refractivity contribution in [1.82, 2.24) is 9.78 Å². The minimum Gasteiger partial charge on any atom is -0.493 e. The lowest BCUT2D eigenvalue weighted by Crippen LogP contribution is -2.04. The molecule has 108 valence electrons. The standard InChI is InChI=1S/C15H21N3O2/c1-10(2)8-18-9-12(16)15(17-18)11-5-6-13(19-3)14(7-11)20-4/h5-7,9-10H,8,16H2,1-4H3. The van der Waals surface area contributed by atoms with Gasteiger partial charge in [-0.2, -0.15) is 5.10 Å². The van der Waals surface area contributed by atoms with Gasteiger partial charge in [0.05, 0.1) is 19.9 Å². The first kappa shape index (κ1) is 14.2. The molecule has 0 radical (unpaired) electrons. The molecule has 5 nitrogen and oxygen atoms in total. The molecule has 1 aromatic heterocycles. The van der Waals surface area contributed by atoms with E-state index < -0.39 is 0 Å². The summed E-state index contributed by atoms with van der Waals surface area (Å²) in [6, 6.07) is 5.67. The van der Waals surface area contributed by atoms with Crippen molar-refractivity contribution in [2.24, 2.45) is 5.92 Å². The lowest BCUT2D eigenvalue weighted by molar-refractivity contribution is 0.355. The normalized spacial score (nSPS) is 10.8. The largest absolute Gasteiger partial charge is 0.493 e. The van der Waals surface area contributed by atoms with E-state index in [0.717, 1.165) is 17.8 Å². The highest BCUT2D eigenvalue weighted by molar-refractivity contribution is 5.74. The zero-order valence-electron chi connectivity index (χ0n) is 12.4. The van der Waals surface area contributed by atoms with E-state index >= 15 is 0 Å². The number of nitrogens with two attached hydrogens (primary N) is 1. The van der Waals surface area contributed by atoms with E-state index in [4.69, 9.17) is 15.2 Å². The van der Waals surface area contributed by atoms with Crippen LogP contribution in [0.4, 0.5) is 5.69 Å². The molecule has 0 unspecified atom stereocenters.